The summed E-state index contributed by atoms with van der Waals surface area (Å²) in [6.07, 6.45) is 0. The third-order valence-electron chi connectivity index (χ3n) is 6.93. The molecule has 4 aromatic carbocycles. The van der Waals surface area contributed by atoms with Gasteiger partial charge in [-0.15, -0.1) is 0 Å². The lowest BCUT2D eigenvalue weighted by Gasteiger charge is -2.25. The lowest BCUT2D eigenvalue weighted by Crippen LogP contribution is -2.19. The Bertz CT molecular complexity index is 1630. The molecule has 1 atom stereocenters. The molecule has 4 aromatic rings. The molecule has 0 radical (unpaired) electrons. The molecule has 6 nitrogen and oxygen atoms in total. The lowest BCUT2D eigenvalue weighted by molar-refractivity contribution is 0.0556. The normalized spacial score (nSPS) is 13.1. The summed E-state index contributed by atoms with van der Waals surface area (Å²) in [6, 6.07) is 30.3. The van der Waals surface area contributed by atoms with E-state index in [4.69, 9.17) is 9.47 Å². The number of carbonyl (C=O) groups excluding carboxylic acids is 2. The molecule has 1 unspecified atom stereocenters. The average molecular weight is 499 g/mol. The van der Waals surface area contributed by atoms with E-state index >= 15 is 0 Å². The maximum absolute atomic E-state index is 13.6. The van der Waals surface area contributed by atoms with Crippen molar-refractivity contribution in [2.45, 2.75) is 5.92 Å². The van der Waals surface area contributed by atoms with Gasteiger partial charge in [-0.3, -0.25) is 0 Å². The molecule has 1 aliphatic carbocycles. The van der Waals surface area contributed by atoms with Crippen LogP contribution in [0.5, 0.6) is 0 Å². The van der Waals surface area contributed by atoms with Crippen LogP contribution in [0.15, 0.2) is 84.9 Å². The number of nitriles is 2. The van der Waals surface area contributed by atoms with Crippen LogP contribution < -0.4 is 0 Å². The molecule has 0 fully saturated rings. The number of hydrogen-bond donors (Lipinski definition) is 0. The minimum absolute atomic E-state index is 0.0376. The Balaban J connectivity index is 2.11. The van der Waals surface area contributed by atoms with Crippen LogP contribution >= 0.6 is 0 Å². The number of ether oxygens (including phenoxy) is 2. The van der Waals surface area contributed by atoms with Crippen molar-refractivity contribution >= 4 is 11.9 Å². The second-order valence-electron chi connectivity index (χ2n) is 8.80. The molecule has 0 amide bonds. The van der Waals surface area contributed by atoms with Crippen LogP contribution in [0, 0.1) is 28.6 Å². The van der Waals surface area contributed by atoms with Crippen molar-refractivity contribution in [1.82, 2.24) is 0 Å². The summed E-state index contributed by atoms with van der Waals surface area (Å²) in [7, 11) is 2.53. The second-order valence-corrected chi connectivity index (χ2v) is 8.80. The van der Waals surface area contributed by atoms with Gasteiger partial charge in [0.05, 0.1) is 37.5 Å². The Morgan fingerprint density at radius 1 is 0.684 bits per heavy atom. The van der Waals surface area contributed by atoms with Gasteiger partial charge in [0.25, 0.3) is 0 Å². The summed E-state index contributed by atoms with van der Waals surface area (Å²) in [5.41, 5.74) is 5.30. The van der Waals surface area contributed by atoms with Crippen LogP contribution in [0.2, 0.25) is 0 Å². The summed E-state index contributed by atoms with van der Waals surface area (Å²) < 4.78 is 10.5. The van der Waals surface area contributed by atoms with Crippen molar-refractivity contribution in [1.29, 1.82) is 10.5 Å². The molecular formula is C32H22N2O4. The van der Waals surface area contributed by atoms with Gasteiger partial charge in [0.15, 0.2) is 0 Å². The minimum atomic E-state index is -1.04. The van der Waals surface area contributed by atoms with Gasteiger partial charge < -0.3 is 9.47 Å². The third-order valence-corrected chi connectivity index (χ3v) is 6.93. The number of methoxy groups -OCH3 is 2. The average Bonchev–Trinajstić information content (AvgIpc) is 3.31. The molecule has 0 aliphatic heterocycles. The Hall–Kier alpha value is -5.20. The molecule has 184 valence electrons. The van der Waals surface area contributed by atoms with Gasteiger partial charge in [-0.2, -0.15) is 10.5 Å². The standard InChI is InChI=1S/C32H22N2O4/c1-37-31(35)29-25(19-11-5-3-6-12-19)27-23-16-10-9-15-22(23)24(21(17-33)18-34)28(27)26(30(29)32(36)38-2)20-13-7-4-8-14-20/h3-16,21,24H,1-2H3. The first kappa shape index (κ1) is 24.5. The fourth-order valence-corrected chi connectivity index (χ4v) is 5.45. The Kier molecular flexibility index (Phi) is 6.47. The lowest BCUT2D eigenvalue weighted by atomic mass is 9.77. The van der Waals surface area contributed by atoms with E-state index in [0.717, 1.165) is 11.1 Å². The Morgan fingerprint density at radius 3 is 1.68 bits per heavy atom. The predicted octanol–water partition coefficient (Wildman–Crippen LogP) is 6.37. The molecular weight excluding hydrogens is 476 g/mol. The maximum Gasteiger partial charge on any atom is 0.339 e. The number of fused-ring (bicyclic) bond motifs is 3. The van der Waals surface area contributed by atoms with Crippen LogP contribution in [0.1, 0.15) is 37.8 Å². The molecule has 0 N–H and O–H groups in total. The zero-order valence-corrected chi connectivity index (χ0v) is 20.8. The summed E-state index contributed by atoms with van der Waals surface area (Å²) in [5, 5.41) is 20.1. The molecule has 38 heavy (non-hydrogen) atoms. The zero-order valence-electron chi connectivity index (χ0n) is 20.8. The third kappa shape index (κ3) is 3.72. The van der Waals surface area contributed by atoms with Gasteiger partial charge in [-0.1, -0.05) is 84.9 Å². The minimum Gasteiger partial charge on any atom is -0.465 e. The van der Waals surface area contributed by atoms with Crippen LogP contribution in [0.25, 0.3) is 33.4 Å². The van der Waals surface area contributed by atoms with Gasteiger partial charge in [-0.05, 0) is 33.4 Å². The van der Waals surface area contributed by atoms with Crippen molar-refractivity contribution in [3.63, 3.8) is 0 Å². The van der Waals surface area contributed by atoms with Gasteiger partial charge in [-0.25, -0.2) is 9.59 Å². The first-order chi connectivity index (χ1) is 18.6. The largest absolute Gasteiger partial charge is 0.465 e. The number of nitrogens with zero attached hydrogens (tertiary/aromatic N) is 2. The molecule has 0 heterocycles. The van der Waals surface area contributed by atoms with Gasteiger partial charge in [0, 0.05) is 17.0 Å². The maximum atomic E-state index is 13.6. The van der Waals surface area contributed by atoms with Gasteiger partial charge in [0.1, 0.15) is 5.92 Å². The van der Waals surface area contributed by atoms with Crippen molar-refractivity contribution in [3.05, 3.63) is 107 Å². The molecule has 5 rings (SSSR count). The van der Waals surface area contributed by atoms with E-state index in [1.165, 1.54) is 14.2 Å². The van der Waals surface area contributed by atoms with Crippen molar-refractivity contribution in [2.24, 2.45) is 5.92 Å². The molecule has 0 aromatic heterocycles. The van der Waals surface area contributed by atoms with E-state index in [9.17, 15) is 20.1 Å². The highest BCUT2D eigenvalue weighted by Gasteiger charge is 2.43. The fraction of sp³-hybridized carbons (Fsp3) is 0.125. The van der Waals surface area contributed by atoms with Crippen molar-refractivity contribution < 1.29 is 19.1 Å². The monoisotopic (exact) mass is 498 g/mol. The second kappa shape index (κ2) is 10.0. The topological polar surface area (TPSA) is 100 Å². The van der Waals surface area contributed by atoms with E-state index in [1.54, 1.807) is 0 Å². The quantitative estimate of drug-likeness (QED) is 0.296. The fourth-order valence-electron chi connectivity index (χ4n) is 5.45. The molecule has 0 spiro atoms. The van der Waals surface area contributed by atoms with E-state index in [1.807, 2.05) is 84.9 Å². The van der Waals surface area contributed by atoms with Crippen molar-refractivity contribution in [2.75, 3.05) is 14.2 Å². The zero-order chi connectivity index (χ0) is 26.8. The number of rotatable bonds is 5. The van der Waals surface area contributed by atoms with E-state index in [2.05, 4.69) is 12.1 Å². The smallest absolute Gasteiger partial charge is 0.339 e. The Labute approximate surface area is 220 Å². The van der Waals surface area contributed by atoms with Crippen LogP contribution in [-0.4, -0.2) is 26.2 Å². The number of hydrogen-bond acceptors (Lipinski definition) is 6. The highest BCUT2D eigenvalue weighted by Crippen LogP contribution is 2.57. The van der Waals surface area contributed by atoms with Crippen LogP contribution in [-0.2, 0) is 9.47 Å². The van der Waals surface area contributed by atoms with Crippen molar-refractivity contribution in [3.8, 4) is 45.5 Å². The molecule has 0 saturated carbocycles. The molecule has 0 bridgehead atoms. The highest BCUT2D eigenvalue weighted by molar-refractivity contribution is 6.17. The highest BCUT2D eigenvalue weighted by atomic mass is 16.5. The summed E-state index contributed by atoms with van der Waals surface area (Å²) in [4.78, 5) is 27.1. The SMILES string of the molecule is COC(=O)c1c(C(=O)OC)c(-c2ccccc2)c2c(c1-c1ccccc1)-c1ccccc1C2C(C#N)C#N. The summed E-state index contributed by atoms with van der Waals surface area (Å²) in [5.74, 6) is -3.12. The number of benzene rings is 4. The summed E-state index contributed by atoms with van der Waals surface area (Å²) >= 11 is 0. The van der Waals surface area contributed by atoms with Crippen LogP contribution in [0.4, 0.5) is 0 Å². The first-order valence-corrected chi connectivity index (χ1v) is 12.0. The Morgan fingerprint density at radius 2 is 1.16 bits per heavy atom. The summed E-state index contributed by atoms with van der Waals surface area (Å²) in [6.45, 7) is 0. The molecule has 0 saturated heterocycles. The number of esters is 2. The number of carbonyl (C=O) groups is 2. The van der Waals surface area contributed by atoms with Gasteiger partial charge >= 0.3 is 11.9 Å². The van der Waals surface area contributed by atoms with E-state index < -0.39 is 23.8 Å². The molecule has 6 heteroatoms. The van der Waals surface area contributed by atoms with Crippen LogP contribution in [0.3, 0.4) is 0 Å². The predicted molar refractivity (Wildman–Crippen MR) is 142 cm³/mol. The molecule has 1 aliphatic rings. The first-order valence-electron chi connectivity index (χ1n) is 12.0. The van der Waals surface area contributed by atoms with Gasteiger partial charge in [0.2, 0.25) is 0 Å². The van der Waals surface area contributed by atoms with E-state index in [-0.39, 0.29) is 11.1 Å². The van der Waals surface area contributed by atoms with E-state index in [0.29, 0.717) is 33.4 Å².